The van der Waals surface area contributed by atoms with Gasteiger partial charge in [-0.1, -0.05) is 11.6 Å². The third kappa shape index (κ3) is 1.98. The highest BCUT2D eigenvalue weighted by molar-refractivity contribution is 6.34. The predicted octanol–water partition coefficient (Wildman–Crippen LogP) is 2.08. The maximum atomic E-state index is 12.3. The molecule has 0 bridgehead atoms. The number of aromatic nitrogens is 4. The van der Waals surface area contributed by atoms with Gasteiger partial charge in [0.15, 0.2) is 0 Å². The molecule has 0 spiro atoms. The third-order valence-corrected chi connectivity index (χ3v) is 2.78. The average Bonchev–Trinajstić information content (AvgIpc) is 2.83. The van der Waals surface area contributed by atoms with Crippen molar-refractivity contribution in [3.8, 4) is 0 Å². The molecule has 2 aromatic heterocycles. The number of aryl methyl sites for hydroxylation is 1. The number of rotatable bonds is 3. The van der Waals surface area contributed by atoms with Crippen molar-refractivity contribution in [2.75, 3.05) is 0 Å². The number of halogens is 1. The van der Waals surface area contributed by atoms with Crippen molar-refractivity contribution in [3.05, 3.63) is 35.1 Å². The number of ketones is 1. The first kappa shape index (κ1) is 11.9. The van der Waals surface area contributed by atoms with E-state index in [9.17, 15) is 4.79 Å². The first-order chi connectivity index (χ1) is 8.02. The molecule has 0 saturated heterocycles. The summed E-state index contributed by atoms with van der Waals surface area (Å²) in [6.07, 6.45) is 4.60. The van der Waals surface area contributed by atoms with E-state index in [1.807, 2.05) is 13.8 Å². The lowest BCUT2D eigenvalue weighted by atomic mass is 10.2. The highest BCUT2D eigenvalue weighted by Crippen LogP contribution is 2.21. The van der Waals surface area contributed by atoms with Crippen molar-refractivity contribution in [1.82, 2.24) is 19.3 Å². The first-order valence-corrected chi connectivity index (χ1v) is 5.64. The second-order valence-electron chi connectivity index (χ2n) is 4.10. The lowest BCUT2D eigenvalue weighted by Crippen LogP contribution is -2.15. The molecule has 0 unspecified atom stereocenters. The molecule has 2 aromatic rings. The summed E-state index contributed by atoms with van der Waals surface area (Å²) in [4.78, 5) is 16.3. The van der Waals surface area contributed by atoms with Gasteiger partial charge in [0.25, 0.3) is 0 Å². The van der Waals surface area contributed by atoms with Gasteiger partial charge in [-0.2, -0.15) is 5.10 Å². The number of carbonyl (C=O) groups is 1. The van der Waals surface area contributed by atoms with Gasteiger partial charge in [-0.3, -0.25) is 9.48 Å². The van der Waals surface area contributed by atoms with Crippen molar-refractivity contribution in [3.63, 3.8) is 0 Å². The van der Waals surface area contributed by atoms with Crippen LogP contribution in [0.1, 0.15) is 36.1 Å². The van der Waals surface area contributed by atoms with Gasteiger partial charge < -0.3 is 4.57 Å². The normalized spacial score (nSPS) is 11.1. The number of hydrogen-bond acceptors (Lipinski definition) is 3. The van der Waals surface area contributed by atoms with E-state index in [1.54, 1.807) is 22.6 Å². The van der Waals surface area contributed by atoms with E-state index in [0.717, 1.165) is 0 Å². The molecule has 0 aromatic carbocycles. The molecular formula is C11H13ClN4O. The van der Waals surface area contributed by atoms with Gasteiger partial charge in [-0.25, -0.2) is 4.98 Å². The van der Waals surface area contributed by atoms with Gasteiger partial charge >= 0.3 is 0 Å². The summed E-state index contributed by atoms with van der Waals surface area (Å²) in [6, 6.07) is 0.0784. The van der Waals surface area contributed by atoms with Crippen LogP contribution in [0.15, 0.2) is 18.7 Å². The molecule has 0 aliphatic carbocycles. The largest absolute Gasteiger partial charge is 0.331 e. The molecule has 6 heteroatoms. The van der Waals surface area contributed by atoms with Crippen molar-refractivity contribution >= 4 is 17.4 Å². The molecule has 0 N–H and O–H groups in total. The Balaban J connectivity index is 2.51. The third-order valence-electron chi connectivity index (χ3n) is 2.50. The van der Waals surface area contributed by atoms with E-state index in [1.165, 1.54) is 12.4 Å². The fourth-order valence-corrected chi connectivity index (χ4v) is 1.86. The van der Waals surface area contributed by atoms with E-state index >= 15 is 0 Å². The Hall–Kier alpha value is -1.62. The van der Waals surface area contributed by atoms with E-state index < -0.39 is 0 Å². The summed E-state index contributed by atoms with van der Waals surface area (Å²) < 4.78 is 3.29. The van der Waals surface area contributed by atoms with Crippen LogP contribution in [0.5, 0.6) is 0 Å². The van der Waals surface area contributed by atoms with E-state index in [2.05, 4.69) is 10.1 Å². The topological polar surface area (TPSA) is 52.7 Å². The summed E-state index contributed by atoms with van der Waals surface area (Å²) in [5.41, 5.74) is 0.902. The van der Waals surface area contributed by atoms with Crippen molar-refractivity contribution < 1.29 is 4.79 Å². The molecule has 2 rings (SSSR count). The fraction of sp³-hybridized carbons (Fsp3) is 0.364. The van der Waals surface area contributed by atoms with Crippen LogP contribution in [0.3, 0.4) is 0 Å². The Morgan fingerprint density at radius 2 is 2.12 bits per heavy atom. The van der Waals surface area contributed by atoms with Crippen LogP contribution in [0.4, 0.5) is 0 Å². The summed E-state index contributed by atoms with van der Waals surface area (Å²) in [5.74, 6) is -0.166. The Labute approximate surface area is 104 Å². The Bertz CT molecular complexity index is 556. The van der Waals surface area contributed by atoms with E-state index in [4.69, 9.17) is 11.6 Å². The summed E-state index contributed by atoms with van der Waals surface area (Å²) in [6.45, 7) is 3.90. The van der Waals surface area contributed by atoms with Crippen molar-refractivity contribution in [1.29, 1.82) is 0 Å². The van der Waals surface area contributed by atoms with Crippen LogP contribution in [0, 0.1) is 0 Å². The number of nitrogens with zero attached hydrogens (tertiary/aromatic N) is 4. The quantitative estimate of drug-likeness (QED) is 0.786. The van der Waals surface area contributed by atoms with Gasteiger partial charge in [0, 0.05) is 13.1 Å². The number of hydrogen-bond donors (Lipinski definition) is 0. The summed E-state index contributed by atoms with van der Waals surface area (Å²) >= 11 is 6.02. The van der Waals surface area contributed by atoms with Crippen molar-refractivity contribution in [2.45, 2.75) is 19.9 Å². The van der Waals surface area contributed by atoms with Crippen LogP contribution in [-0.4, -0.2) is 25.1 Å². The SMILES string of the molecule is CC(C)n1ncc(Cl)c1C(=O)c1cncn1C. The van der Waals surface area contributed by atoms with Gasteiger partial charge in [-0.15, -0.1) is 0 Å². The second-order valence-corrected chi connectivity index (χ2v) is 4.51. The molecule has 2 heterocycles. The molecule has 0 radical (unpaired) electrons. The highest BCUT2D eigenvalue weighted by atomic mass is 35.5. The molecule has 0 aliphatic rings. The Morgan fingerprint density at radius 3 is 2.65 bits per heavy atom. The molecule has 0 saturated carbocycles. The van der Waals surface area contributed by atoms with Gasteiger partial charge in [0.1, 0.15) is 11.4 Å². The molecular weight excluding hydrogens is 240 g/mol. The fourth-order valence-electron chi connectivity index (χ4n) is 1.64. The minimum atomic E-state index is -0.166. The zero-order valence-electron chi connectivity index (χ0n) is 9.88. The average molecular weight is 253 g/mol. The summed E-state index contributed by atoms with van der Waals surface area (Å²) in [7, 11) is 1.77. The molecule has 17 heavy (non-hydrogen) atoms. The summed E-state index contributed by atoms with van der Waals surface area (Å²) in [5, 5.41) is 4.48. The zero-order chi connectivity index (χ0) is 12.6. The van der Waals surface area contributed by atoms with E-state index in [0.29, 0.717) is 16.4 Å². The van der Waals surface area contributed by atoms with Gasteiger partial charge in [0.2, 0.25) is 5.78 Å². The predicted molar refractivity (Wildman–Crippen MR) is 64.3 cm³/mol. The minimum Gasteiger partial charge on any atom is -0.331 e. The number of imidazole rings is 1. The smallest absolute Gasteiger partial charge is 0.230 e. The zero-order valence-corrected chi connectivity index (χ0v) is 10.6. The molecule has 5 nitrogen and oxygen atoms in total. The van der Waals surface area contributed by atoms with Gasteiger partial charge in [-0.05, 0) is 13.8 Å². The van der Waals surface area contributed by atoms with Crippen LogP contribution in [-0.2, 0) is 7.05 Å². The van der Waals surface area contributed by atoms with Gasteiger partial charge in [0.05, 0.1) is 23.7 Å². The maximum absolute atomic E-state index is 12.3. The van der Waals surface area contributed by atoms with Crippen LogP contribution < -0.4 is 0 Å². The van der Waals surface area contributed by atoms with Crippen molar-refractivity contribution in [2.24, 2.45) is 7.05 Å². The van der Waals surface area contributed by atoms with E-state index in [-0.39, 0.29) is 11.8 Å². The number of carbonyl (C=O) groups excluding carboxylic acids is 1. The molecule has 0 fully saturated rings. The lowest BCUT2D eigenvalue weighted by molar-refractivity contribution is 0.102. The monoisotopic (exact) mass is 252 g/mol. The molecule has 90 valence electrons. The standard InChI is InChI=1S/C11H13ClN4O/c1-7(2)16-10(8(12)4-14-16)11(17)9-5-13-6-15(9)3/h4-7H,1-3H3. The van der Waals surface area contributed by atoms with Crippen LogP contribution >= 0.6 is 11.6 Å². The maximum Gasteiger partial charge on any atom is 0.230 e. The second kappa shape index (κ2) is 4.33. The lowest BCUT2D eigenvalue weighted by Gasteiger charge is -2.10. The Kier molecular flexibility index (Phi) is 3.02. The molecule has 0 aliphatic heterocycles. The molecule has 0 atom stereocenters. The first-order valence-electron chi connectivity index (χ1n) is 5.26. The molecule has 0 amide bonds. The minimum absolute atomic E-state index is 0.0784. The Morgan fingerprint density at radius 1 is 1.41 bits per heavy atom. The van der Waals surface area contributed by atoms with Crippen LogP contribution in [0.2, 0.25) is 5.02 Å². The van der Waals surface area contributed by atoms with Crippen LogP contribution in [0.25, 0.3) is 0 Å². The highest BCUT2D eigenvalue weighted by Gasteiger charge is 2.22.